The maximum absolute atomic E-state index is 11.6. The van der Waals surface area contributed by atoms with E-state index in [1.807, 2.05) is 24.6 Å². The second-order valence-corrected chi connectivity index (χ2v) is 7.13. The minimum Gasteiger partial charge on any atom is -0.315 e. The van der Waals surface area contributed by atoms with Crippen LogP contribution in [0.25, 0.3) is 0 Å². The first-order valence-electron chi connectivity index (χ1n) is 6.19. The molecule has 0 aliphatic carbocycles. The van der Waals surface area contributed by atoms with Gasteiger partial charge in [-0.15, -0.1) is 0 Å². The van der Waals surface area contributed by atoms with Gasteiger partial charge in [0.15, 0.2) is 9.84 Å². The number of nitrogens with one attached hydrogen (secondary N) is 1. The fourth-order valence-corrected chi connectivity index (χ4v) is 2.89. The summed E-state index contributed by atoms with van der Waals surface area (Å²) >= 11 is 0. The molecule has 0 aromatic carbocycles. The van der Waals surface area contributed by atoms with Gasteiger partial charge in [-0.3, -0.25) is 4.68 Å². The second-order valence-electron chi connectivity index (χ2n) is 4.73. The van der Waals surface area contributed by atoms with Crippen LogP contribution in [0.2, 0.25) is 0 Å². The molecule has 1 aromatic heterocycles. The van der Waals surface area contributed by atoms with Gasteiger partial charge >= 0.3 is 0 Å². The summed E-state index contributed by atoms with van der Waals surface area (Å²) in [6.45, 7) is 6.53. The molecule has 2 unspecified atom stereocenters. The van der Waals surface area contributed by atoms with Gasteiger partial charge in [0.05, 0.1) is 10.9 Å². The quantitative estimate of drug-likeness (QED) is 0.832. The van der Waals surface area contributed by atoms with Crippen LogP contribution in [0.5, 0.6) is 0 Å². The van der Waals surface area contributed by atoms with Gasteiger partial charge in [-0.2, -0.15) is 5.10 Å². The Bertz CT molecular complexity index is 493. The maximum Gasteiger partial charge on any atom is 0.151 e. The summed E-state index contributed by atoms with van der Waals surface area (Å²) in [5.41, 5.74) is 2.04. The predicted molar refractivity (Wildman–Crippen MR) is 73.5 cm³/mol. The van der Waals surface area contributed by atoms with E-state index in [0.29, 0.717) is 6.42 Å². The average Bonchev–Trinajstić information content (AvgIpc) is 2.64. The highest BCUT2D eigenvalue weighted by molar-refractivity contribution is 7.91. The largest absolute Gasteiger partial charge is 0.315 e. The van der Waals surface area contributed by atoms with Crippen molar-refractivity contribution in [2.75, 3.05) is 13.3 Å². The Hall–Kier alpha value is -0.880. The molecular weight excluding hydrogens is 250 g/mol. The van der Waals surface area contributed by atoms with Crippen LogP contribution >= 0.6 is 0 Å². The molecule has 1 aromatic rings. The van der Waals surface area contributed by atoms with E-state index in [0.717, 1.165) is 17.9 Å². The van der Waals surface area contributed by atoms with E-state index < -0.39 is 15.1 Å². The minimum atomic E-state index is -3.04. The molecular formula is C12H23N3O2S. The lowest BCUT2D eigenvalue weighted by Gasteiger charge is -2.22. The van der Waals surface area contributed by atoms with E-state index in [1.54, 1.807) is 14.0 Å². The van der Waals surface area contributed by atoms with Crippen molar-refractivity contribution < 1.29 is 8.42 Å². The molecule has 0 aliphatic rings. The van der Waals surface area contributed by atoms with E-state index in [1.165, 1.54) is 6.26 Å². The summed E-state index contributed by atoms with van der Waals surface area (Å²) in [5.74, 6) is 0. The zero-order chi connectivity index (χ0) is 13.9. The zero-order valence-corrected chi connectivity index (χ0v) is 12.6. The van der Waals surface area contributed by atoms with Crippen molar-refractivity contribution in [1.82, 2.24) is 15.1 Å². The molecule has 0 aliphatic heterocycles. The van der Waals surface area contributed by atoms with Crippen molar-refractivity contribution >= 4 is 9.84 Å². The molecule has 1 heterocycles. The Balaban J connectivity index is 2.92. The summed E-state index contributed by atoms with van der Waals surface area (Å²) in [6, 6.07) is 1.92. The first-order valence-corrected chi connectivity index (χ1v) is 8.14. The van der Waals surface area contributed by atoms with Crippen molar-refractivity contribution in [1.29, 1.82) is 0 Å². The number of sulfone groups is 1. The lowest BCUT2D eigenvalue weighted by atomic mass is 10.1. The Kier molecular flexibility index (Phi) is 4.92. The molecule has 18 heavy (non-hydrogen) atoms. The van der Waals surface area contributed by atoms with Crippen LogP contribution < -0.4 is 5.32 Å². The van der Waals surface area contributed by atoms with Gasteiger partial charge in [-0.25, -0.2) is 8.42 Å². The first-order chi connectivity index (χ1) is 8.29. The van der Waals surface area contributed by atoms with Crippen LogP contribution in [0.3, 0.4) is 0 Å². The van der Waals surface area contributed by atoms with E-state index in [2.05, 4.69) is 10.4 Å². The summed E-state index contributed by atoms with van der Waals surface area (Å²) < 4.78 is 25.2. The molecule has 2 atom stereocenters. The third-order valence-corrected chi connectivity index (χ3v) is 5.01. The molecule has 0 saturated carbocycles. The topological polar surface area (TPSA) is 64.0 Å². The second kappa shape index (κ2) is 5.84. The van der Waals surface area contributed by atoms with E-state index in [-0.39, 0.29) is 6.04 Å². The fraction of sp³-hybridized carbons (Fsp3) is 0.750. The van der Waals surface area contributed by atoms with Crippen molar-refractivity contribution in [3.63, 3.8) is 0 Å². The lowest BCUT2D eigenvalue weighted by molar-refractivity contribution is 0.496. The minimum absolute atomic E-state index is 0.0959. The first kappa shape index (κ1) is 15.2. The van der Waals surface area contributed by atoms with Gasteiger partial charge in [-0.1, -0.05) is 0 Å². The predicted octanol–water partition coefficient (Wildman–Crippen LogP) is 0.775. The smallest absolute Gasteiger partial charge is 0.151 e. The number of likely N-dealkylation sites (N-methyl/N-ethyl adjacent to an activating group) is 1. The normalized spacial score (nSPS) is 15.6. The highest BCUT2D eigenvalue weighted by Gasteiger charge is 2.25. The number of hydrogen-bond acceptors (Lipinski definition) is 4. The summed E-state index contributed by atoms with van der Waals surface area (Å²) in [7, 11) is -1.24. The summed E-state index contributed by atoms with van der Waals surface area (Å²) in [6.07, 6.45) is 1.95. The zero-order valence-electron chi connectivity index (χ0n) is 11.8. The SMILES string of the molecule is CCn1nc(C)cc1CC(NC)C(C)S(C)(=O)=O. The lowest BCUT2D eigenvalue weighted by Crippen LogP contribution is -2.42. The number of hydrogen-bond donors (Lipinski definition) is 1. The van der Waals surface area contributed by atoms with Crippen LogP contribution in [0.1, 0.15) is 25.2 Å². The van der Waals surface area contributed by atoms with Crippen molar-refractivity contribution in [3.05, 3.63) is 17.5 Å². The van der Waals surface area contributed by atoms with Gasteiger partial charge in [0, 0.05) is 31.0 Å². The van der Waals surface area contributed by atoms with Gasteiger partial charge in [0.1, 0.15) is 0 Å². The van der Waals surface area contributed by atoms with Crippen LogP contribution in [-0.2, 0) is 22.8 Å². The fourth-order valence-electron chi connectivity index (χ4n) is 2.06. The number of rotatable bonds is 6. The number of nitrogens with zero attached hydrogens (tertiary/aromatic N) is 2. The van der Waals surface area contributed by atoms with Crippen molar-refractivity contribution in [2.45, 2.75) is 45.0 Å². The number of aromatic nitrogens is 2. The molecule has 0 spiro atoms. The monoisotopic (exact) mass is 273 g/mol. The van der Waals surface area contributed by atoms with Crippen molar-refractivity contribution in [3.8, 4) is 0 Å². The molecule has 1 rings (SSSR count). The van der Waals surface area contributed by atoms with Crippen LogP contribution in [0.4, 0.5) is 0 Å². The maximum atomic E-state index is 11.6. The Morgan fingerprint density at radius 1 is 1.50 bits per heavy atom. The van der Waals surface area contributed by atoms with Gasteiger partial charge in [0.2, 0.25) is 0 Å². The third kappa shape index (κ3) is 3.55. The molecule has 1 N–H and O–H groups in total. The van der Waals surface area contributed by atoms with Gasteiger partial charge in [-0.05, 0) is 33.9 Å². The summed E-state index contributed by atoms with van der Waals surface area (Å²) in [4.78, 5) is 0. The Labute approximate surface area is 109 Å². The Morgan fingerprint density at radius 2 is 2.11 bits per heavy atom. The summed E-state index contributed by atoms with van der Waals surface area (Å²) in [5, 5.41) is 7.06. The molecule has 0 fully saturated rings. The highest BCUT2D eigenvalue weighted by Crippen LogP contribution is 2.12. The molecule has 0 saturated heterocycles. The molecule has 5 nitrogen and oxygen atoms in total. The molecule has 6 heteroatoms. The van der Waals surface area contributed by atoms with Crippen molar-refractivity contribution in [2.24, 2.45) is 0 Å². The standard InChI is InChI=1S/C12H23N3O2S/c1-6-15-11(7-9(2)14-15)8-12(13-4)10(3)18(5,16)17/h7,10,12-13H,6,8H2,1-5H3. The van der Waals surface area contributed by atoms with Crippen LogP contribution in [-0.4, -0.2) is 42.8 Å². The molecule has 104 valence electrons. The number of aryl methyl sites for hydroxylation is 2. The third-order valence-electron chi connectivity index (χ3n) is 3.33. The van der Waals surface area contributed by atoms with Crippen LogP contribution in [0, 0.1) is 6.92 Å². The molecule has 0 amide bonds. The molecule has 0 radical (unpaired) electrons. The highest BCUT2D eigenvalue weighted by atomic mass is 32.2. The van der Waals surface area contributed by atoms with E-state index >= 15 is 0 Å². The van der Waals surface area contributed by atoms with Crippen LogP contribution in [0.15, 0.2) is 6.07 Å². The Morgan fingerprint density at radius 3 is 2.56 bits per heavy atom. The van der Waals surface area contributed by atoms with Gasteiger partial charge in [0.25, 0.3) is 0 Å². The van der Waals surface area contributed by atoms with E-state index in [4.69, 9.17) is 0 Å². The van der Waals surface area contributed by atoms with Gasteiger partial charge < -0.3 is 5.32 Å². The molecule has 0 bridgehead atoms. The average molecular weight is 273 g/mol. The van der Waals surface area contributed by atoms with E-state index in [9.17, 15) is 8.42 Å².